The second-order valence-corrected chi connectivity index (χ2v) is 6.31. The first-order valence-electron chi connectivity index (χ1n) is 8.64. The normalized spacial score (nSPS) is 17.1. The summed E-state index contributed by atoms with van der Waals surface area (Å²) < 4.78 is 10.5. The Bertz CT molecular complexity index is 733. The van der Waals surface area contributed by atoms with Crippen molar-refractivity contribution in [1.82, 2.24) is 15.0 Å². The van der Waals surface area contributed by atoms with E-state index < -0.39 is 0 Å². The molecule has 0 spiro atoms. The number of nitro groups is 1. The van der Waals surface area contributed by atoms with Gasteiger partial charge in [-0.2, -0.15) is 4.98 Å². The van der Waals surface area contributed by atoms with Crippen LogP contribution >= 0.6 is 0 Å². The molecular formula is C17H23N5O4. The summed E-state index contributed by atoms with van der Waals surface area (Å²) in [6.07, 6.45) is 0.807. The first-order valence-corrected chi connectivity index (χ1v) is 8.64. The summed E-state index contributed by atoms with van der Waals surface area (Å²) in [5, 5.41) is 14.7. The third kappa shape index (κ3) is 4.36. The van der Waals surface area contributed by atoms with Gasteiger partial charge < -0.3 is 14.2 Å². The molecule has 1 aromatic carbocycles. The van der Waals surface area contributed by atoms with Crippen molar-refractivity contribution in [3.05, 3.63) is 46.1 Å². The standard InChI is InChI=1S/C17H23N5O4/c1-13(25-2)17-18-16(26-19-17)12-20-8-3-9-21(11-10-20)14-4-6-15(7-5-14)22(23)24/h4-7,13H,3,8-12H2,1-2H3. The molecule has 2 aromatic rings. The van der Waals surface area contributed by atoms with Gasteiger partial charge in [0.05, 0.1) is 11.5 Å². The lowest BCUT2D eigenvalue weighted by atomic mass is 10.2. The first-order chi connectivity index (χ1) is 12.6. The zero-order valence-corrected chi connectivity index (χ0v) is 15.0. The van der Waals surface area contributed by atoms with Gasteiger partial charge in [-0.25, -0.2) is 0 Å². The number of nitro benzene ring substituents is 1. The van der Waals surface area contributed by atoms with Crippen LogP contribution in [-0.2, 0) is 11.3 Å². The number of methoxy groups -OCH3 is 1. The SMILES string of the molecule is COC(C)c1noc(CN2CCCN(c3ccc([N+](=O)[O-])cc3)CC2)n1. The Kier molecular flexibility index (Phi) is 5.79. The van der Waals surface area contributed by atoms with E-state index in [1.165, 1.54) is 0 Å². The van der Waals surface area contributed by atoms with E-state index in [4.69, 9.17) is 9.26 Å². The van der Waals surface area contributed by atoms with Crippen molar-refractivity contribution in [2.45, 2.75) is 26.0 Å². The fourth-order valence-electron chi connectivity index (χ4n) is 2.97. The summed E-state index contributed by atoms with van der Waals surface area (Å²) in [5.74, 6) is 1.15. The highest BCUT2D eigenvalue weighted by Crippen LogP contribution is 2.21. The van der Waals surface area contributed by atoms with E-state index in [0.29, 0.717) is 18.3 Å². The number of non-ortho nitro benzene ring substituents is 1. The number of benzene rings is 1. The molecule has 9 nitrogen and oxygen atoms in total. The summed E-state index contributed by atoms with van der Waals surface area (Å²) in [5.41, 5.74) is 1.12. The van der Waals surface area contributed by atoms with Gasteiger partial charge in [-0.05, 0) is 25.5 Å². The van der Waals surface area contributed by atoms with Gasteiger partial charge in [0.15, 0.2) is 5.82 Å². The summed E-state index contributed by atoms with van der Waals surface area (Å²) >= 11 is 0. The highest BCUT2D eigenvalue weighted by atomic mass is 16.6. The maximum atomic E-state index is 10.8. The molecule has 0 saturated carbocycles. The van der Waals surface area contributed by atoms with Crippen LogP contribution in [-0.4, -0.2) is 53.3 Å². The Morgan fingerprint density at radius 2 is 2.04 bits per heavy atom. The van der Waals surface area contributed by atoms with E-state index in [0.717, 1.165) is 38.3 Å². The van der Waals surface area contributed by atoms with Gasteiger partial charge >= 0.3 is 0 Å². The summed E-state index contributed by atoms with van der Waals surface area (Å²) in [6.45, 7) is 6.02. The first kappa shape index (κ1) is 18.3. The van der Waals surface area contributed by atoms with Crippen LogP contribution in [0.5, 0.6) is 0 Å². The average Bonchev–Trinajstić information content (AvgIpc) is 2.99. The lowest BCUT2D eigenvalue weighted by molar-refractivity contribution is -0.384. The third-order valence-electron chi connectivity index (χ3n) is 4.57. The summed E-state index contributed by atoms with van der Waals surface area (Å²) in [4.78, 5) is 19.3. The van der Waals surface area contributed by atoms with Gasteiger partial charge in [0.25, 0.3) is 5.69 Å². The summed E-state index contributed by atoms with van der Waals surface area (Å²) in [6, 6.07) is 6.72. The van der Waals surface area contributed by atoms with Crippen LogP contribution in [0.3, 0.4) is 0 Å². The topological polar surface area (TPSA) is 97.8 Å². The molecule has 1 unspecified atom stereocenters. The molecule has 1 fully saturated rings. The Hall–Kier alpha value is -2.52. The lowest BCUT2D eigenvalue weighted by Crippen LogP contribution is -2.30. The van der Waals surface area contributed by atoms with Crippen molar-refractivity contribution >= 4 is 11.4 Å². The molecule has 0 amide bonds. The van der Waals surface area contributed by atoms with Gasteiger partial charge in [0.2, 0.25) is 5.89 Å². The quantitative estimate of drug-likeness (QED) is 0.571. The molecule has 0 N–H and O–H groups in total. The Labute approximate surface area is 151 Å². The molecule has 0 aliphatic carbocycles. The number of hydrogen-bond acceptors (Lipinski definition) is 8. The minimum absolute atomic E-state index is 0.114. The number of rotatable bonds is 6. The van der Waals surface area contributed by atoms with E-state index in [2.05, 4.69) is 19.9 Å². The van der Waals surface area contributed by atoms with Crippen LogP contribution in [0.1, 0.15) is 31.2 Å². The van der Waals surface area contributed by atoms with Crippen LogP contribution in [0, 0.1) is 10.1 Å². The zero-order chi connectivity index (χ0) is 18.5. The van der Waals surface area contributed by atoms with E-state index in [1.807, 2.05) is 19.1 Å². The predicted molar refractivity (Wildman–Crippen MR) is 94.9 cm³/mol. The van der Waals surface area contributed by atoms with Crippen molar-refractivity contribution in [2.75, 3.05) is 38.2 Å². The van der Waals surface area contributed by atoms with Gasteiger partial charge in [-0.15, -0.1) is 0 Å². The second-order valence-electron chi connectivity index (χ2n) is 6.31. The number of aromatic nitrogens is 2. The van der Waals surface area contributed by atoms with Gasteiger partial charge in [-0.3, -0.25) is 15.0 Å². The zero-order valence-electron chi connectivity index (χ0n) is 15.0. The van der Waals surface area contributed by atoms with E-state index in [1.54, 1.807) is 19.2 Å². The maximum Gasteiger partial charge on any atom is 0.269 e. The van der Waals surface area contributed by atoms with Gasteiger partial charge in [0.1, 0.15) is 6.10 Å². The number of ether oxygens (including phenoxy) is 1. The van der Waals surface area contributed by atoms with E-state index >= 15 is 0 Å². The Morgan fingerprint density at radius 3 is 2.73 bits per heavy atom. The molecule has 0 radical (unpaired) electrons. The summed E-state index contributed by atoms with van der Waals surface area (Å²) in [7, 11) is 1.61. The molecule has 140 valence electrons. The molecule has 9 heteroatoms. The molecule has 1 atom stereocenters. The number of hydrogen-bond donors (Lipinski definition) is 0. The van der Waals surface area contributed by atoms with Crippen molar-refractivity contribution in [3.8, 4) is 0 Å². The average molecular weight is 361 g/mol. The fraction of sp³-hybridized carbons (Fsp3) is 0.529. The smallest absolute Gasteiger partial charge is 0.269 e. The molecule has 26 heavy (non-hydrogen) atoms. The minimum atomic E-state index is -0.378. The van der Waals surface area contributed by atoms with E-state index in [9.17, 15) is 10.1 Å². The van der Waals surface area contributed by atoms with Crippen molar-refractivity contribution < 1.29 is 14.2 Å². The van der Waals surface area contributed by atoms with Crippen LogP contribution in [0.2, 0.25) is 0 Å². The molecule has 1 aliphatic heterocycles. The van der Waals surface area contributed by atoms with Crippen molar-refractivity contribution in [1.29, 1.82) is 0 Å². The lowest BCUT2D eigenvalue weighted by Gasteiger charge is -2.23. The van der Waals surface area contributed by atoms with Gasteiger partial charge in [0, 0.05) is 51.1 Å². The van der Waals surface area contributed by atoms with Crippen LogP contribution in [0.25, 0.3) is 0 Å². The van der Waals surface area contributed by atoms with Crippen LogP contribution in [0.4, 0.5) is 11.4 Å². The fourth-order valence-corrected chi connectivity index (χ4v) is 2.97. The van der Waals surface area contributed by atoms with Gasteiger partial charge in [-0.1, -0.05) is 5.16 Å². The molecule has 1 aromatic heterocycles. The largest absolute Gasteiger partial charge is 0.374 e. The van der Waals surface area contributed by atoms with E-state index in [-0.39, 0.29) is 16.7 Å². The molecule has 2 heterocycles. The molecule has 1 aliphatic rings. The highest BCUT2D eigenvalue weighted by Gasteiger charge is 2.19. The monoisotopic (exact) mass is 361 g/mol. The maximum absolute atomic E-state index is 10.8. The van der Waals surface area contributed by atoms with Crippen LogP contribution < -0.4 is 4.90 Å². The molecular weight excluding hydrogens is 338 g/mol. The third-order valence-corrected chi connectivity index (χ3v) is 4.57. The Balaban J connectivity index is 1.57. The number of nitrogens with zero attached hydrogens (tertiary/aromatic N) is 5. The van der Waals surface area contributed by atoms with Crippen molar-refractivity contribution in [3.63, 3.8) is 0 Å². The molecule has 3 rings (SSSR count). The number of anilines is 1. The van der Waals surface area contributed by atoms with Crippen LogP contribution in [0.15, 0.2) is 28.8 Å². The molecule has 1 saturated heterocycles. The van der Waals surface area contributed by atoms with Crippen molar-refractivity contribution in [2.24, 2.45) is 0 Å². The predicted octanol–water partition coefficient (Wildman–Crippen LogP) is 2.40. The molecule has 0 bridgehead atoms. The Morgan fingerprint density at radius 1 is 1.27 bits per heavy atom. The minimum Gasteiger partial charge on any atom is -0.374 e. The highest BCUT2D eigenvalue weighted by molar-refractivity contribution is 5.51. The second kappa shape index (κ2) is 8.24.